The minimum absolute atomic E-state index is 0.330. The lowest BCUT2D eigenvalue weighted by Crippen LogP contribution is -2.27. The number of hydrogen-bond acceptors (Lipinski definition) is 3. The molecule has 1 aliphatic rings. The van der Waals surface area contributed by atoms with Gasteiger partial charge in [-0.1, -0.05) is 18.2 Å². The van der Waals surface area contributed by atoms with Crippen molar-refractivity contribution in [3.8, 4) is 0 Å². The lowest BCUT2D eigenvalue weighted by molar-refractivity contribution is 0.157. The van der Waals surface area contributed by atoms with Gasteiger partial charge in [0.1, 0.15) is 6.61 Å². The molecular formula is C11H17NO2S. The number of nitrogens with one attached hydrogen (secondary N) is 1. The smallest absolute Gasteiger partial charge is 0.407 e. The predicted molar refractivity (Wildman–Crippen MR) is 64.2 cm³/mol. The zero-order valence-electron chi connectivity index (χ0n) is 8.99. The highest BCUT2D eigenvalue weighted by atomic mass is 32.2. The van der Waals surface area contributed by atoms with Crippen molar-refractivity contribution in [3.63, 3.8) is 0 Å². The Morgan fingerprint density at radius 3 is 3.13 bits per heavy atom. The van der Waals surface area contributed by atoms with Gasteiger partial charge in [0, 0.05) is 12.3 Å². The van der Waals surface area contributed by atoms with Crippen LogP contribution in [0.3, 0.4) is 0 Å². The maximum absolute atomic E-state index is 11.2. The van der Waals surface area contributed by atoms with E-state index in [2.05, 4.69) is 17.5 Å². The van der Waals surface area contributed by atoms with Gasteiger partial charge < -0.3 is 10.1 Å². The predicted octanol–water partition coefficient (Wildman–Crippen LogP) is 2.35. The van der Waals surface area contributed by atoms with Gasteiger partial charge in [0.05, 0.1) is 0 Å². The summed E-state index contributed by atoms with van der Waals surface area (Å²) in [6.07, 6.45) is 10.0. The highest BCUT2D eigenvalue weighted by molar-refractivity contribution is 7.98. The van der Waals surface area contributed by atoms with Crippen LogP contribution in [0.5, 0.6) is 0 Å². The second-order valence-corrected chi connectivity index (χ2v) is 4.24. The molecule has 0 atom stereocenters. The van der Waals surface area contributed by atoms with Crippen LogP contribution in [0.1, 0.15) is 12.8 Å². The van der Waals surface area contributed by atoms with E-state index >= 15 is 0 Å². The third-order valence-electron chi connectivity index (χ3n) is 2.02. The van der Waals surface area contributed by atoms with Crippen molar-refractivity contribution in [2.75, 3.05) is 25.2 Å². The van der Waals surface area contributed by atoms with Crippen LogP contribution >= 0.6 is 11.8 Å². The fourth-order valence-electron chi connectivity index (χ4n) is 1.23. The third-order valence-corrected chi connectivity index (χ3v) is 2.63. The molecule has 1 amide bonds. The Morgan fingerprint density at radius 2 is 2.47 bits per heavy atom. The van der Waals surface area contributed by atoms with Crippen molar-refractivity contribution in [1.82, 2.24) is 5.32 Å². The van der Waals surface area contributed by atoms with E-state index in [-0.39, 0.29) is 6.09 Å². The summed E-state index contributed by atoms with van der Waals surface area (Å²) in [4.78, 5) is 11.2. The van der Waals surface area contributed by atoms with E-state index in [0.717, 1.165) is 24.2 Å². The summed E-state index contributed by atoms with van der Waals surface area (Å²) in [7, 11) is 0. The standard InChI is InChI=1S/C11H17NO2S/c1-15-8-7-12-11(13)14-9-10-5-3-2-4-6-10/h3,5-6H,2,4,7-9H2,1H3,(H,12,13). The number of allylic oxidation sites excluding steroid dienone is 2. The lowest BCUT2D eigenvalue weighted by Gasteiger charge is -2.08. The van der Waals surface area contributed by atoms with Crippen LogP contribution in [0.2, 0.25) is 0 Å². The maximum Gasteiger partial charge on any atom is 0.407 e. The molecule has 0 bridgehead atoms. The van der Waals surface area contributed by atoms with Gasteiger partial charge >= 0.3 is 6.09 Å². The van der Waals surface area contributed by atoms with Gasteiger partial charge in [0.25, 0.3) is 0 Å². The Bertz CT molecular complexity index is 261. The van der Waals surface area contributed by atoms with E-state index in [4.69, 9.17) is 4.74 Å². The first-order chi connectivity index (χ1) is 7.33. The van der Waals surface area contributed by atoms with Crippen molar-refractivity contribution >= 4 is 17.9 Å². The van der Waals surface area contributed by atoms with E-state index in [9.17, 15) is 4.79 Å². The second kappa shape index (κ2) is 7.40. The van der Waals surface area contributed by atoms with Crippen molar-refractivity contribution in [2.45, 2.75) is 12.8 Å². The van der Waals surface area contributed by atoms with Gasteiger partial charge in [0.2, 0.25) is 0 Å². The van der Waals surface area contributed by atoms with Crippen molar-refractivity contribution < 1.29 is 9.53 Å². The van der Waals surface area contributed by atoms with E-state index in [0.29, 0.717) is 13.2 Å². The summed E-state index contributed by atoms with van der Waals surface area (Å²) in [6, 6.07) is 0. The van der Waals surface area contributed by atoms with Gasteiger partial charge in [-0.3, -0.25) is 0 Å². The van der Waals surface area contributed by atoms with Crippen LogP contribution < -0.4 is 5.32 Å². The first-order valence-corrected chi connectivity index (χ1v) is 6.47. The molecule has 1 N–H and O–H groups in total. The second-order valence-electron chi connectivity index (χ2n) is 3.25. The molecule has 0 radical (unpaired) electrons. The monoisotopic (exact) mass is 227 g/mol. The number of hydrogen-bond donors (Lipinski definition) is 1. The number of ether oxygens (including phenoxy) is 1. The fourth-order valence-corrected chi connectivity index (χ4v) is 1.54. The number of carbonyl (C=O) groups is 1. The van der Waals surface area contributed by atoms with Gasteiger partial charge in [-0.05, 0) is 24.7 Å². The van der Waals surface area contributed by atoms with Crippen LogP contribution in [-0.2, 0) is 4.74 Å². The first-order valence-electron chi connectivity index (χ1n) is 5.08. The SMILES string of the molecule is CSCCNC(=O)OCC1=CCCC=C1. The Kier molecular flexibility index (Phi) is 6.00. The Labute approximate surface area is 95.0 Å². The molecule has 0 aromatic carbocycles. The summed E-state index contributed by atoms with van der Waals surface area (Å²) >= 11 is 1.70. The molecule has 84 valence electrons. The van der Waals surface area contributed by atoms with E-state index in [1.165, 1.54) is 0 Å². The molecule has 1 aliphatic carbocycles. The third kappa shape index (κ3) is 5.52. The summed E-state index contributed by atoms with van der Waals surface area (Å²) in [5.74, 6) is 0.914. The molecule has 4 heteroatoms. The normalized spacial score (nSPS) is 14.6. The van der Waals surface area contributed by atoms with E-state index in [1.807, 2.05) is 12.3 Å². The molecule has 0 saturated carbocycles. The summed E-state index contributed by atoms with van der Waals surface area (Å²) < 4.78 is 5.05. The molecule has 3 nitrogen and oxygen atoms in total. The average molecular weight is 227 g/mol. The molecular weight excluding hydrogens is 210 g/mol. The molecule has 0 aromatic heterocycles. The highest BCUT2D eigenvalue weighted by Crippen LogP contribution is 2.09. The lowest BCUT2D eigenvalue weighted by atomic mass is 10.1. The van der Waals surface area contributed by atoms with Crippen molar-refractivity contribution in [3.05, 3.63) is 23.8 Å². The van der Waals surface area contributed by atoms with Gasteiger partial charge in [-0.2, -0.15) is 11.8 Å². The number of amides is 1. The molecule has 15 heavy (non-hydrogen) atoms. The zero-order chi connectivity index (χ0) is 10.9. The Hall–Kier alpha value is -0.900. The Balaban J connectivity index is 2.11. The average Bonchev–Trinajstić information content (AvgIpc) is 2.28. The quantitative estimate of drug-likeness (QED) is 0.733. The van der Waals surface area contributed by atoms with Gasteiger partial charge in [-0.25, -0.2) is 4.79 Å². The summed E-state index contributed by atoms with van der Waals surface area (Å²) in [5, 5.41) is 2.69. The largest absolute Gasteiger partial charge is 0.445 e. The molecule has 0 saturated heterocycles. The summed E-state index contributed by atoms with van der Waals surface area (Å²) in [5.41, 5.74) is 1.08. The van der Waals surface area contributed by atoms with Crippen LogP contribution in [0, 0.1) is 0 Å². The van der Waals surface area contributed by atoms with Gasteiger partial charge in [-0.15, -0.1) is 0 Å². The van der Waals surface area contributed by atoms with Crippen LogP contribution in [0.4, 0.5) is 4.79 Å². The van der Waals surface area contributed by atoms with Crippen LogP contribution in [0.15, 0.2) is 23.8 Å². The van der Waals surface area contributed by atoms with Gasteiger partial charge in [0.15, 0.2) is 0 Å². The highest BCUT2D eigenvalue weighted by Gasteiger charge is 2.03. The van der Waals surface area contributed by atoms with E-state index < -0.39 is 0 Å². The molecule has 1 rings (SSSR count). The topological polar surface area (TPSA) is 38.3 Å². The van der Waals surface area contributed by atoms with Crippen molar-refractivity contribution in [1.29, 1.82) is 0 Å². The molecule has 0 aromatic rings. The minimum atomic E-state index is -0.330. The molecule has 0 spiro atoms. The zero-order valence-corrected chi connectivity index (χ0v) is 9.81. The van der Waals surface area contributed by atoms with Crippen molar-refractivity contribution in [2.24, 2.45) is 0 Å². The fraction of sp³-hybridized carbons (Fsp3) is 0.545. The number of rotatable bonds is 5. The molecule has 0 aliphatic heterocycles. The van der Waals surface area contributed by atoms with E-state index in [1.54, 1.807) is 11.8 Å². The minimum Gasteiger partial charge on any atom is -0.445 e. The van der Waals surface area contributed by atoms with Crippen LogP contribution in [-0.4, -0.2) is 31.3 Å². The summed E-state index contributed by atoms with van der Waals surface area (Å²) in [6.45, 7) is 1.04. The molecule has 0 fully saturated rings. The number of alkyl carbamates (subject to hydrolysis) is 1. The number of carbonyl (C=O) groups excluding carboxylic acids is 1. The Morgan fingerprint density at radius 1 is 1.60 bits per heavy atom. The molecule has 0 heterocycles. The maximum atomic E-state index is 11.2. The number of thioether (sulfide) groups is 1. The molecule has 0 unspecified atom stereocenters. The van der Waals surface area contributed by atoms with Crippen LogP contribution in [0.25, 0.3) is 0 Å². The first kappa shape index (κ1) is 12.2.